The van der Waals surface area contributed by atoms with Crippen LogP contribution in [0.25, 0.3) is 0 Å². The third-order valence-electron chi connectivity index (χ3n) is 4.62. The summed E-state index contributed by atoms with van der Waals surface area (Å²) in [5, 5.41) is 5.84. The van der Waals surface area contributed by atoms with Gasteiger partial charge >= 0.3 is 5.97 Å². The van der Waals surface area contributed by atoms with Crippen LogP contribution in [0.3, 0.4) is 0 Å². The summed E-state index contributed by atoms with van der Waals surface area (Å²) in [6.45, 7) is 3.57. The summed E-state index contributed by atoms with van der Waals surface area (Å²) in [7, 11) is 0. The highest BCUT2D eigenvalue weighted by Crippen LogP contribution is 2.25. The van der Waals surface area contributed by atoms with Crippen molar-refractivity contribution in [3.63, 3.8) is 0 Å². The Kier molecular flexibility index (Phi) is 8.65. The minimum Gasteiger partial charge on any atom is -0.457 e. The fraction of sp³-hybridized carbons (Fsp3) is 0.192. The second-order valence-corrected chi connectivity index (χ2v) is 8.15. The Bertz CT molecular complexity index is 1140. The Morgan fingerprint density at radius 2 is 1.29 bits per heavy atom. The lowest BCUT2D eigenvalue weighted by molar-refractivity contribution is -0.147. The zero-order chi connectivity index (χ0) is 24.5. The SMILES string of the molecule is Cc1cc(C)cc(Oc2ccc(NC(=O)CCC(=O)OCC(=O)Nc3ccc(Cl)cc3)cc2)c1. The number of carbonyl (C=O) groups excluding carboxylic acids is 3. The van der Waals surface area contributed by atoms with E-state index in [1.807, 2.05) is 26.0 Å². The van der Waals surface area contributed by atoms with Gasteiger partial charge in [0.25, 0.3) is 5.91 Å². The first-order valence-electron chi connectivity index (χ1n) is 10.6. The van der Waals surface area contributed by atoms with Crippen LogP contribution >= 0.6 is 11.6 Å². The maximum atomic E-state index is 12.1. The fourth-order valence-electron chi connectivity index (χ4n) is 3.12. The van der Waals surface area contributed by atoms with Gasteiger partial charge in [0.15, 0.2) is 6.61 Å². The molecule has 2 amide bonds. The molecule has 3 rings (SSSR count). The van der Waals surface area contributed by atoms with E-state index in [1.54, 1.807) is 48.5 Å². The molecule has 0 atom stereocenters. The van der Waals surface area contributed by atoms with Crippen molar-refractivity contribution in [3.05, 3.63) is 82.9 Å². The number of carbonyl (C=O) groups is 3. The number of halogens is 1. The second-order valence-electron chi connectivity index (χ2n) is 7.71. The van der Waals surface area contributed by atoms with Crippen LogP contribution in [-0.2, 0) is 19.1 Å². The summed E-state index contributed by atoms with van der Waals surface area (Å²) in [6, 6.07) is 19.4. The summed E-state index contributed by atoms with van der Waals surface area (Å²) in [5.74, 6) is -0.0782. The number of nitrogens with one attached hydrogen (secondary N) is 2. The van der Waals surface area contributed by atoms with Gasteiger partial charge in [0.05, 0.1) is 6.42 Å². The number of ether oxygens (including phenoxy) is 2. The molecule has 0 saturated carbocycles. The number of benzene rings is 3. The maximum absolute atomic E-state index is 12.1. The molecule has 0 unspecified atom stereocenters. The molecule has 8 heteroatoms. The smallest absolute Gasteiger partial charge is 0.306 e. The number of anilines is 2. The van der Waals surface area contributed by atoms with Crippen LogP contribution in [-0.4, -0.2) is 24.4 Å². The average molecular weight is 481 g/mol. The lowest BCUT2D eigenvalue weighted by atomic mass is 10.1. The van der Waals surface area contributed by atoms with Gasteiger partial charge in [0.1, 0.15) is 11.5 Å². The fourth-order valence-corrected chi connectivity index (χ4v) is 3.25. The van der Waals surface area contributed by atoms with Gasteiger partial charge in [-0.05, 0) is 85.6 Å². The molecule has 3 aromatic rings. The Labute approximate surface area is 203 Å². The molecule has 0 aromatic heterocycles. The normalized spacial score (nSPS) is 10.3. The Morgan fingerprint density at radius 3 is 1.91 bits per heavy atom. The van der Waals surface area contributed by atoms with Crippen molar-refractivity contribution in [2.45, 2.75) is 26.7 Å². The standard InChI is InChI=1S/C26H25ClN2O5/c1-17-13-18(2)15-23(14-17)34-22-9-7-21(8-10-22)28-24(30)11-12-26(32)33-16-25(31)29-20-5-3-19(27)4-6-20/h3-10,13-15H,11-12,16H2,1-2H3,(H,28,30)(H,29,31). The van der Waals surface area contributed by atoms with Crippen LogP contribution in [0.5, 0.6) is 11.5 Å². The van der Waals surface area contributed by atoms with Gasteiger partial charge in [0.2, 0.25) is 5.91 Å². The maximum Gasteiger partial charge on any atom is 0.306 e. The van der Waals surface area contributed by atoms with Gasteiger partial charge < -0.3 is 20.1 Å². The molecule has 0 saturated heterocycles. The molecule has 0 aliphatic rings. The first kappa shape index (κ1) is 24.8. The van der Waals surface area contributed by atoms with E-state index in [-0.39, 0.29) is 18.7 Å². The molecule has 0 heterocycles. The lowest BCUT2D eigenvalue weighted by Crippen LogP contribution is -2.21. The van der Waals surface area contributed by atoms with Gasteiger partial charge in [-0.15, -0.1) is 0 Å². The van der Waals surface area contributed by atoms with Gasteiger partial charge in [-0.25, -0.2) is 0 Å². The molecular weight excluding hydrogens is 456 g/mol. The van der Waals surface area contributed by atoms with Crippen LogP contribution < -0.4 is 15.4 Å². The van der Waals surface area contributed by atoms with E-state index >= 15 is 0 Å². The minimum absolute atomic E-state index is 0.0710. The molecule has 176 valence electrons. The zero-order valence-corrected chi connectivity index (χ0v) is 19.6. The lowest BCUT2D eigenvalue weighted by Gasteiger charge is -2.10. The summed E-state index contributed by atoms with van der Waals surface area (Å²) in [5.41, 5.74) is 3.34. The van der Waals surface area contributed by atoms with Crippen molar-refractivity contribution >= 4 is 40.8 Å². The molecule has 0 spiro atoms. The molecule has 0 aliphatic heterocycles. The molecule has 0 aliphatic carbocycles. The van der Waals surface area contributed by atoms with E-state index in [0.29, 0.717) is 22.1 Å². The van der Waals surface area contributed by atoms with E-state index in [4.69, 9.17) is 21.1 Å². The van der Waals surface area contributed by atoms with Gasteiger partial charge in [-0.2, -0.15) is 0 Å². The van der Waals surface area contributed by atoms with Crippen LogP contribution in [0.15, 0.2) is 66.7 Å². The van der Waals surface area contributed by atoms with E-state index in [1.165, 1.54) is 0 Å². The van der Waals surface area contributed by atoms with Crippen molar-refractivity contribution in [2.75, 3.05) is 17.2 Å². The molecule has 0 radical (unpaired) electrons. The first-order chi connectivity index (χ1) is 16.3. The quantitative estimate of drug-likeness (QED) is 0.386. The highest BCUT2D eigenvalue weighted by atomic mass is 35.5. The molecule has 0 fully saturated rings. The Balaban J connectivity index is 1.38. The summed E-state index contributed by atoms with van der Waals surface area (Å²) < 4.78 is 10.8. The second kappa shape index (κ2) is 11.9. The van der Waals surface area contributed by atoms with Crippen molar-refractivity contribution in [1.29, 1.82) is 0 Å². The number of aryl methyl sites for hydroxylation is 2. The number of rotatable bonds is 9. The number of hydrogen-bond acceptors (Lipinski definition) is 5. The summed E-state index contributed by atoms with van der Waals surface area (Å²) in [4.78, 5) is 35.8. The van der Waals surface area contributed by atoms with E-state index in [0.717, 1.165) is 16.9 Å². The highest BCUT2D eigenvalue weighted by molar-refractivity contribution is 6.30. The third-order valence-corrected chi connectivity index (χ3v) is 4.87. The molecule has 3 aromatic carbocycles. The Morgan fingerprint density at radius 1 is 0.735 bits per heavy atom. The number of amides is 2. The number of hydrogen-bond donors (Lipinski definition) is 2. The largest absolute Gasteiger partial charge is 0.457 e. The van der Waals surface area contributed by atoms with Crippen LogP contribution in [0.1, 0.15) is 24.0 Å². The van der Waals surface area contributed by atoms with Gasteiger partial charge in [-0.1, -0.05) is 17.7 Å². The molecule has 2 N–H and O–H groups in total. The van der Waals surface area contributed by atoms with Crippen LogP contribution in [0.2, 0.25) is 5.02 Å². The summed E-state index contributed by atoms with van der Waals surface area (Å²) >= 11 is 5.79. The zero-order valence-electron chi connectivity index (χ0n) is 18.9. The van der Waals surface area contributed by atoms with Crippen molar-refractivity contribution in [2.24, 2.45) is 0 Å². The van der Waals surface area contributed by atoms with Gasteiger partial charge in [0, 0.05) is 22.8 Å². The predicted octanol–water partition coefficient (Wildman–Crippen LogP) is 5.65. The number of esters is 1. The third kappa shape index (κ3) is 8.26. The van der Waals surface area contributed by atoms with E-state index in [9.17, 15) is 14.4 Å². The molecule has 7 nitrogen and oxygen atoms in total. The first-order valence-corrected chi connectivity index (χ1v) is 11.0. The Hall–Kier alpha value is -3.84. The minimum atomic E-state index is -0.640. The van der Waals surface area contributed by atoms with Crippen molar-refractivity contribution in [3.8, 4) is 11.5 Å². The highest BCUT2D eigenvalue weighted by Gasteiger charge is 2.11. The molecule has 0 bridgehead atoms. The molecule has 34 heavy (non-hydrogen) atoms. The van der Waals surface area contributed by atoms with Crippen molar-refractivity contribution in [1.82, 2.24) is 0 Å². The average Bonchev–Trinajstić information content (AvgIpc) is 2.78. The monoisotopic (exact) mass is 480 g/mol. The van der Waals surface area contributed by atoms with E-state index < -0.39 is 18.5 Å². The van der Waals surface area contributed by atoms with Gasteiger partial charge in [-0.3, -0.25) is 14.4 Å². The van der Waals surface area contributed by atoms with Crippen LogP contribution in [0, 0.1) is 13.8 Å². The summed E-state index contributed by atoms with van der Waals surface area (Å²) in [6.07, 6.45) is -0.216. The van der Waals surface area contributed by atoms with Crippen LogP contribution in [0.4, 0.5) is 11.4 Å². The molecular formula is C26H25ClN2O5. The van der Waals surface area contributed by atoms with Crippen molar-refractivity contribution < 1.29 is 23.9 Å². The van der Waals surface area contributed by atoms with E-state index in [2.05, 4.69) is 16.7 Å². The topological polar surface area (TPSA) is 93.7 Å². The predicted molar refractivity (Wildman–Crippen MR) is 131 cm³/mol.